The maximum Gasteiger partial charge on any atom is 0.236 e. The number of likely N-dealkylation sites (tertiary alicyclic amines) is 2. The summed E-state index contributed by atoms with van der Waals surface area (Å²) in [6.45, 7) is 3.27. The van der Waals surface area contributed by atoms with E-state index in [1.54, 1.807) is 6.26 Å². The second-order valence-corrected chi connectivity index (χ2v) is 7.18. The topological polar surface area (TPSA) is 56.9 Å². The van der Waals surface area contributed by atoms with Crippen LogP contribution < -0.4 is 0 Å². The zero-order chi connectivity index (χ0) is 16.8. The zero-order valence-electron chi connectivity index (χ0n) is 14.5. The fourth-order valence-corrected chi connectivity index (χ4v) is 3.98. The molecule has 3 rings (SSSR count). The van der Waals surface area contributed by atoms with Crippen LogP contribution in [-0.4, -0.2) is 53.0 Å². The van der Waals surface area contributed by atoms with Crippen molar-refractivity contribution in [2.75, 3.05) is 26.2 Å². The van der Waals surface area contributed by atoms with Crippen molar-refractivity contribution in [1.29, 1.82) is 0 Å². The summed E-state index contributed by atoms with van der Waals surface area (Å²) in [5.74, 6) is 0.885. The maximum atomic E-state index is 12.6. The molecule has 3 heterocycles. The number of furan rings is 1. The first-order chi connectivity index (χ1) is 11.7. The summed E-state index contributed by atoms with van der Waals surface area (Å²) in [6, 6.07) is 3.88. The minimum Gasteiger partial charge on any atom is -0.467 e. The van der Waals surface area contributed by atoms with E-state index in [4.69, 9.17) is 4.42 Å². The number of piperidine rings is 1. The van der Waals surface area contributed by atoms with Crippen LogP contribution in [0.2, 0.25) is 0 Å². The molecule has 24 heavy (non-hydrogen) atoms. The standard InChI is InChI=1S/C19H30N2O3/c22-17(18-9-7-13-24-18)14-16-8-3-1-4-12-21(16)15-19(23)20-10-5-2-6-11-20/h7,9,13,16-17,22H,1-6,8,10-12,14-15H2. The number of hydrogen-bond acceptors (Lipinski definition) is 4. The van der Waals surface area contributed by atoms with Crippen molar-refractivity contribution in [1.82, 2.24) is 9.80 Å². The molecule has 0 bridgehead atoms. The summed E-state index contributed by atoms with van der Waals surface area (Å²) in [7, 11) is 0. The SMILES string of the molecule is O=C(CN1CCCCCC1CC(O)c1ccco1)N1CCCCC1. The van der Waals surface area contributed by atoms with Crippen molar-refractivity contribution >= 4 is 5.91 Å². The van der Waals surface area contributed by atoms with Crippen LogP contribution in [0, 0.1) is 0 Å². The quantitative estimate of drug-likeness (QED) is 0.899. The average molecular weight is 334 g/mol. The second kappa shape index (κ2) is 8.67. The van der Waals surface area contributed by atoms with Crippen LogP contribution in [0.1, 0.15) is 63.2 Å². The van der Waals surface area contributed by atoms with Crippen LogP contribution in [0.3, 0.4) is 0 Å². The summed E-state index contributed by atoms with van der Waals surface area (Å²) in [4.78, 5) is 17.0. The lowest BCUT2D eigenvalue weighted by atomic mass is 10.0. The summed E-state index contributed by atoms with van der Waals surface area (Å²) in [6.07, 6.45) is 9.72. The third kappa shape index (κ3) is 4.61. The summed E-state index contributed by atoms with van der Waals surface area (Å²) < 4.78 is 5.34. The Balaban J connectivity index is 1.60. The Labute approximate surface area is 144 Å². The number of carbonyl (C=O) groups excluding carboxylic acids is 1. The monoisotopic (exact) mass is 334 g/mol. The molecule has 0 saturated carbocycles. The molecule has 2 atom stereocenters. The highest BCUT2D eigenvalue weighted by atomic mass is 16.4. The first-order valence-corrected chi connectivity index (χ1v) is 9.47. The Hall–Kier alpha value is -1.33. The zero-order valence-corrected chi connectivity index (χ0v) is 14.5. The number of amides is 1. The third-order valence-corrected chi connectivity index (χ3v) is 5.41. The van der Waals surface area contributed by atoms with Gasteiger partial charge in [-0.05, 0) is 57.2 Å². The van der Waals surface area contributed by atoms with Crippen molar-refractivity contribution < 1.29 is 14.3 Å². The van der Waals surface area contributed by atoms with Crippen LogP contribution in [0.25, 0.3) is 0 Å². The Morgan fingerprint density at radius 3 is 2.67 bits per heavy atom. The second-order valence-electron chi connectivity index (χ2n) is 7.18. The molecule has 0 radical (unpaired) electrons. The molecule has 2 aliphatic rings. The number of nitrogens with zero attached hydrogens (tertiary/aromatic N) is 2. The molecule has 2 unspecified atom stereocenters. The van der Waals surface area contributed by atoms with Crippen LogP contribution in [-0.2, 0) is 4.79 Å². The highest BCUT2D eigenvalue weighted by Gasteiger charge is 2.28. The number of carbonyl (C=O) groups is 1. The van der Waals surface area contributed by atoms with E-state index in [0.29, 0.717) is 18.7 Å². The van der Waals surface area contributed by atoms with Gasteiger partial charge >= 0.3 is 0 Å². The molecule has 1 N–H and O–H groups in total. The fraction of sp³-hybridized carbons (Fsp3) is 0.737. The van der Waals surface area contributed by atoms with Gasteiger partial charge < -0.3 is 14.4 Å². The van der Waals surface area contributed by atoms with Crippen molar-refractivity contribution in [3.63, 3.8) is 0 Å². The number of rotatable bonds is 5. The van der Waals surface area contributed by atoms with Crippen LogP contribution in [0.4, 0.5) is 0 Å². The van der Waals surface area contributed by atoms with Crippen LogP contribution in [0.5, 0.6) is 0 Å². The fourth-order valence-electron chi connectivity index (χ4n) is 3.98. The van der Waals surface area contributed by atoms with Crippen molar-refractivity contribution in [3.05, 3.63) is 24.2 Å². The van der Waals surface area contributed by atoms with Crippen molar-refractivity contribution in [2.45, 2.75) is 63.5 Å². The number of aliphatic hydroxyl groups excluding tert-OH is 1. The summed E-state index contributed by atoms with van der Waals surface area (Å²) >= 11 is 0. The highest BCUT2D eigenvalue weighted by Crippen LogP contribution is 2.26. The van der Waals surface area contributed by atoms with Gasteiger partial charge in [-0.3, -0.25) is 9.69 Å². The smallest absolute Gasteiger partial charge is 0.236 e. The van der Waals surface area contributed by atoms with Gasteiger partial charge in [0.1, 0.15) is 11.9 Å². The minimum atomic E-state index is -0.587. The molecular formula is C19H30N2O3. The van der Waals surface area contributed by atoms with E-state index in [0.717, 1.165) is 45.3 Å². The molecule has 134 valence electrons. The van der Waals surface area contributed by atoms with Crippen LogP contribution >= 0.6 is 0 Å². The maximum absolute atomic E-state index is 12.6. The Bertz CT molecular complexity index is 497. The third-order valence-electron chi connectivity index (χ3n) is 5.41. The molecule has 5 heteroatoms. The molecule has 1 aromatic heterocycles. The van der Waals surface area contributed by atoms with E-state index in [2.05, 4.69) is 4.90 Å². The molecule has 5 nitrogen and oxygen atoms in total. The van der Waals surface area contributed by atoms with Gasteiger partial charge in [0.2, 0.25) is 5.91 Å². The predicted octanol–water partition coefficient (Wildman–Crippen LogP) is 2.96. The predicted molar refractivity (Wildman–Crippen MR) is 92.5 cm³/mol. The number of aliphatic hydroxyl groups is 1. The normalized spacial score (nSPS) is 24.5. The van der Waals surface area contributed by atoms with Gasteiger partial charge in [0, 0.05) is 19.1 Å². The van der Waals surface area contributed by atoms with E-state index in [-0.39, 0.29) is 11.9 Å². The molecular weight excluding hydrogens is 304 g/mol. The number of hydrogen-bond donors (Lipinski definition) is 1. The van der Waals surface area contributed by atoms with Gasteiger partial charge in [-0.2, -0.15) is 0 Å². The summed E-state index contributed by atoms with van der Waals surface area (Å²) in [5, 5.41) is 10.4. The van der Waals surface area contributed by atoms with Crippen LogP contribution in [0.15, 0.2) is 22.8 Å². The molecule has 1 amide bonds. The van der Waals surface area contributed by atoms with E-state index in [1.807, 2.05) is 17.0 Å². The van der Waals surface area contributed by atoms with Crippen molar-refractivity contribution in [2.24, 2.45) is 0 Å². The highest BCUT2D eigenvalue weighted by molar-refractivity contribution is 5.78. The molecule has 2 saturated heterocycles. The summed E-state index contributed by atoms with van der Waals surface area (Å²) in [5.41, 5.74) is 0. The Morgan fingerprint density at radius 2 is 1.92 bits per heavy atom. The van der Waals surface area contributed by atoms with Gasteiger partial charge in [-0.1, -0.05) is 12.8 Å². The van der Waals surface area contributed by atoms with Crippen molar-refractivity contribution in [3.8, 4) is 0 Å². The van der Waals surface area contributed by atoms with Gasteiger partial charge in [0.25, 0.3) is 0 Å². The molecule has 0 spiro atoms. The molecule has 0 aliphatic carbocycles. The van der Waals surface area contributed by atoms with Gasteiger partial charge in [-0.25, -0.2) is 0 Å². The lowest BCUT2D eigenvalue weighted by Gasteiger charge is -2.34. The van der Waals surface area contributed by atoms with Gasteiger partial charge in [-0.15, -0.1) is 0 Å². The molecule has 0 aromatic carbocycles. The van der Waals surface area contributed by atoms with Gasteiger partial charge in [0.15, 0.2) is 0 Å². The van der Waals surface area contributed by atoms with E-state index in [1.165, 1.54) is 19.3 Å². The lowest BCUT2D eigenvalue weighted by molar-refractivity contribution is -0.134. The molecule has 2 aliphatic heterocycles. The molecule has 1 aromatic rings. The Kier molecular flexibility index (Phi) is 6.32. The first-order valence-electron chi connectivity index (χ1n) is 9.47. The lowest BCUT2D eigenvalue weighted by Crippen LogP contribution is -2.46. The minimum absolute atomic E-state index is 0.251. The van der Waals surface area contributed by atoms with E-state index >= 15 is 0 Å². The van der Waals surface area contributed by atoms with E-state index in [9.17, 15) is 9.90 Å². The van der Waals surface area contributed by atoms with E-state index < -0.39 is 6.10 Å². The van der Waals surface area contributed by atoms with Gasteiger partial charge in [0.05, 0.1) is 12.8 Å². The molecule has 2 fully saturated rings. The first kappa shape index (κ1) is 17.5. The average Bonchev–Trinajstić information content (AvgIpc) is 3.07. The largest absolute Gasteiger partial charge is 0.467 e. The Morgan fingerprint density at radius 1 is 1.17 bits per heavy atom.